The fourth-order valence-electron chi connectivity index (χ4n) is 8.19. The summed E-state index contributed by atoms with van der Waals surface area (Å²) in [5.41, 5.74) is 4.54. The fourth-order valence-corrected chi connectivity index (χ4v) is 8.38. The molecule has 1 unspecified atom stereocenters. The van der Waals surface area contributed by atoms with Crippen molar-refractivity contribution in [3.8, 4) is 0 Å². The Bertz CT molecular complexity index is 1530. The van der Waals surface area contributed by atoms with E-state index in [1.807, 2.05) is 41.3 Å². The van der Waals surface area contributed by atoms with Crippen molar-refractivity contribution in [2.24, 2.45) is 0 Å². The Morgan fingerprint density at radius 1 is 0.902 bits per heavy atom. The highest BCUT2D eigenvalue weighted by molar-refractivity contribution is 6.30. The number of carbonyl (C=O) groups excluding carboxylic acids is 1. The summed E-state index contributed by atoms with van der Waals surface area (Å²) >= 11 is 6.53. The number of benzene rings is 3. The van der Waals surface area contributed by atoms with E-state index in [-0.39, 0.29) is 11.3 Å². The van der Waals surface area contributed by atoms with E-state index < -0.39 is 0 Å². The second-order valence-electron chi connectivity index (χ2n) is 12.5. The van der Waals surface area contributed by atoms with Gasteiger partial charge in [-0.15, -0.1) is 0 Å². The number of piperidine rings is 2. The molecule has 41 heavy (non-hydrogen) atoms. The molecular formula is C35H39ClN4O. The number of carbonyl (C=O) groups is 1. The summed E-state index contributed by atoms with van der Waals surface area (Å²) in [5.74, 6) is 1.29. The van der Waals surface area contributed by atoms with Crippen LogP contribution in [-0.4, -0.2) is 57.0 Å². The van der Waals surface area contributed by atoms with Crippen molar-refractivity contribution in [1.82, 2.24) is 19.4 Å². The zero-order chi connectivity index (χ0) is 28.0. The maximum Gasteiger partial charge on any atom is 0.253 e. The Balaban J connectivity index is 1.08. The number of halogens is 1. The summed E-state index contributed by atoms with van der Waals surface area (Å²) in [4.78, 5) is 23.0. The minimum Gasteiger partial charge on any atom is -0.339 e. The quantitative estimate of drug-likeness (QED) is 0.244. The minimum atomic E-state index is 0.0335. The number of amides is 1. The van der Waals surface area contributed by atoms with E-state index in [1.54, 1.807) is 0 Å². The molecule has 3 aromatic carbocycles. The minimum absolute atomic E-state index is 0.0335. The fraction of sp³-hybridized carbons (Fsp3) is 0.429. The van der Waals surface area contributed by atoms with Crippen LogP contribution in [-0.2, 0) is 5.41 Å². The molecule has 0 saturated carbocycles. The number of nitrogens with zero attached hydrogens (tertiary/aromatic N) is 4. The highest BCUT2D eigenvalue weighted by Gasteiger charge is 2.44. The zero-order valence-corrected chi connectivity index (χ0v) is 24.6. The highest BCUT2D eigenvalue weighted by atomic mass is 35.5. The molecule has 3 aliphatic heterocycles. The van der Waals surface area contributed by atoms with Gasteiger partial charge >= 0.3 is 0 Å². The van der Waals surface area contributed by atoms with Crippen LogP contribution < -0.4 is 0 Å². The van der Waals surface area contributed by atoms with Crippen molar-refractivity contribution in [3.63, 3.8) is 0 Å². The maximum atomic E-state index is 13.2. The van der Waals surface area contributed by atoms with Gasteiger partial charge in [-0.2, -0.15) is 0 Å². The van der Waals surface area contributed by atoms with Gasteiger partial charge in [0.05, 0.1) is 11.0 Å². The number of fused-ring (bicyclic) bond motifs is 3. The summed E-state index contributed by atoms with van der Waals surface area (Å²) < 4.78 is 2.52. The second-order valence-corrected chi connectivity index (χ2v) is 12.9. The van der Waals surface area contributed by atoms with Gasteiger partial charge < -0.3 is 9.47 Å². The number of aryl methyl sites for hydroxylation is 1. The molecule has 0 N–H and O–H groups in total. The molecule has 3 fully saturated rings. The van der Waals surface area contributed by atoms with Crippen molar-refractivity contribution in [2.45, 2.75) is 75.4 Å². The number of hydrogen-bond donors (Lipinski definition) is 0. The molecule has 3 atom stereocenters. The Morgan fingerprint density at radius 3 is 2.34 bits per heavy atom. The lowest BCUT2D eigenvalue weighted by molar-refractivity contribution is 0.0607. The first kappa shape index (κ1) is 26.7. The topological polar surface area (TPSA) is 41.4 Å². The van der Waals surface area contributed by atoms with Crippen LogP contribution in [0.2, 0.25) is 5.02 Å². The van der Waals surface area contributed by atoms with Crippen LogP contribution >= 0.6 is 11.6 Å². The molecule has 3 saturated heterocycles. The number of imidazole rings is 1. The normalized spacial score (nSPS) is 24.1. The van der Waals surface area contributed by atoms with E-state index in [4.69, 9.17) is 16.6 Å². The molecule has 212 valence electrons. The summed E-state index contributed by atoms with van der Waals surface area (Å²) in [6, 6.07) is 28.5. The van der Waals surface area contributed by atoms with Gasteiger partial charge in [0.15, 0.2) is 0 Å². The Kier molecular flexibility index (Phi) is 7.12. The SMILES string of the molecule is Cc1nc2ccccc2n1C1C[C@H]2CC[C@@H](C1)N2CCC1(c2cccc(Cl)c2)CCN(C(=O)c2ccccc2)CC1. The molecule has 1 amide bonds. The van der Waals surface area contributed by atoms with Gasteiger partial charge in [0.1, 0.15) is 5.82 Å². The van der Waals surface area contributed by atoms with Crippen LogP contribution in [0.25, 0.3) is 11.0 Å². The van der Waals surface area contributed by atoms with Crippen LogP contribution in [0.15, 0.2) is 78.9 Å². The molecule has 1 aromatic heterocycles. The molecule has 4 aromatic rings. The van der Waals surface area contributed by atoms with Gasteiger partial charge in [0.25, 0.3) is 5.91 Å². The number of hydrogen-bond acceptors (Lipinski definition) is 3. The molecule has 0 aliphatic carbocycles. The van der Waals surface area contributed by atoms with E-state index in [0.29, 0.717) is 18.1 Å². The number of para-hydroxylation sites is 2. The number of aromatic nitrogens is 2. The molecular weight excluding hydrogens is 528 g/mol. The van der Waals surface area contributed by atoms with Gasteiger partial charge in [0.2, 0.25) is 0 Å². The summed E-state index contributed by atoms with van der Waals surface area (Å²) in [7, 11) is 0. The van der Waals surface area contributed by atoms with Gasteiger partial charge in [0, 0.05) is 41.8 Å². The molecule has 6 heteroatoms. The smallest absolute Gasteiger partial charge is 0.253 e. The second kappa shape index (κ2) is 10.9. The van der Waals surface area contributed by atoms with Crippen LogP contribution in [0.1, 0.15) is 72.7 Å². The average Bonchev–Trinajstić information content (AvgIpc) is 3.46. The standard InChI is InChI=1S/C35H39ClN4O/c1-25-37-32-12-5-6-13-33(32)40(25)31-23-29-14-15-30(24-31)39(29)21-18-35(27-10-7-11-28(36)22-27)16-19-38(20-17-35)34(41)26-8-3-2-4-9-26/h2-13,22,29-31H,14-21,23-24H2,1H3/t29-,30+,31?. The van der Waals surface area contributed by atoms with Crippen molar-refractivity contribution in [2.75, 3.05) is 19.6 Å². The van der Waals surface area contributed by atoms with E-state index in [2.05, 4.69) is 58.9 Å². The molecule has 2 bridgehead atoms. The van der Waals surface area contributed by atoms with Gasteiger partial charge in [-0.05, 0) is 106 Å². The first-order chi connectivity index (χ1) is 20.0. The number of rotatable bonds is 6. The Hall–Kier alpha value is -3.15. The van der Waals surface area contributed by atoms with Gasteiger partial charge in [-0.25, -0.2) is 4.98 Å². The molecule has 7 rings (SSSR count). The van der Waals surface area contributed by atoms with E-state index in [9.17, 15) is 4.79 Å². The largest absolute Gasteiger partial charge is 0.339 e. The summed E-state index contributed by atoms with van der Waals surface area (Å²) in [5, 5.41) is 0.800. The van der Waals surface area contributed by atoms with Gasteiger partial charge in [-0.3, -0.25) is 9.69 Å². The highest BCUT2D eigenvalue weighted by Crippen LogP contribution is 2.45. The Labute approximate surface area is 248 Å². The first-order valence-corrected chi connectivity index (χ1v) is 15.7. The molecule has 0 spiro atoms. The monoisotopic (exact) mass is 566 g/mol. The third-order valence-corrected chi connectivity index (χ3v) is 10.5. The molecule has 0 radical (unpaired) electrons. The summed E-state index contributed by atoms with van der Waals surface area (Å²) in [6.45, 7) is 4.83. The first-order valence-electron chi connectivity index (χ1n) is 15.3. The van der Waals surface area contributed by atoms with Crippen molar-refractivity contribution in [3.05, 3.63) is 101 Å². The van der Waals surface area contributed by atoms with E-state index in [1.165, 1.54) is 36.8 Å². The lowest BCUT2D eigenvalue weighted by Crippen LogP contribution is -2.49. The van der Waals surface area contributed by atoms with Gasteiger partial charge in [-0.1, -0.05) is 54.1 Å². The molecule has 5 nitrogen and oxygen atoms in total. The van der Waals surface area contributed by atoms with Crippen molar-refractivity contribution in [1.29, 1.82) is 0 Å². The molecule has 3 aliphatic rings. The van der Waals surface area contributed by atoms with Crippen molar-refractivity contribution >= 4 is 28.5 Å². The van der Waals surface area contributed by atoms with E-state index >= 15 is 0 Å². The predicted octanol–water partition coefficient (Wildman–Crippen LogP) is 7.43. The average molecular weight is 567 g/mol. The lowest BCUT2D eigenvalue weighted by Gasteiger charge is -2.45. The zero-order valence-electron chi connectivity index (χ0n) is 23.9. The van der Waals surface area contributed by atoms with Crippen LogP contribution in [0.4, 0.5) is 0 Å². The third-order valence-electron chi connectivity index (χ3n) is 10.3. The maximum absolute atomic E-state index is 13.2. The van der Waals surface area contributed by atoms with E-state index in [0.717, 1.165) is 60.8 Å². The molecule has 4 heterocycles. The van der Waals surface area contributed by atoms with Crippen LogP contribution in [0, 0.1) is 6.92 Å². The Morgan fingerprint density at radius 2 is 1.61 bits per heavy atom. The lowest BCUT2D eigenvalue weighted by atomic mass is 9.70. The van der Waals surface area contributed by atoms with Crippen molar-refractivity contribution < 1.29 is 4.79 Å². The van der Waals surface area contributed by atoms with Crippen LogP contribution in [0.5, 0.6) is 0 Å². The summed E-state index contributed by atoms with van der Waals surface area (Å²) in [6.07, 6.45) is 8.01. The predicted molar refractivity (Wildman–Crippen MR) is 166 cm³/mol. The number of likely N-dealkylation sites (tertiary alicyclic amines) is 1. The third kappa shape index (κ3) is 4.97. The van der Waals surface area contributed by atoms with Crippen LogP contribution in [0.3, 0.4) is 0 Å².